The summed E-state index contributed by atoms with van der Waals surface area (Å²) in [5.41, 5.74) is 0.913. The zero-order valence-electron chi connectivity index (χ0n) is 11.9. The first-order chi connectivity index (χ1) is 9.69. The van der Waals surface area contributed by atoms with Crippen molar-refractivity contribution >= 4 is 11.7 Å². The van der Waals surface area contributed by atoms with Crippen molar-refractivity contribution in [2.24, 2.45) is 0 Å². The third kappa shape index (κ3) is 3.91. The molecule has 0 aliphatic rings. The molecule has 0 aliphatic carbocycles. The zero-order valence-corrected chi connectivity index (χ0v) is 11.9. The van der Waals surface area contributed by atoms with E-state index >= 15 is 0 Å². The Morgan fingerprint density at radius 1 is 1.40 bits per heavy atom. The minimum atomic E-state index is 0.00219. The van der Waals surface area contributed by atoms with E-state index in [4.69, 9.17) is 0 Å². The minimum Gasteiger partial charge on any atom is -0.311 e. The van der Waals surface area contributed by atoms with E-state index in [0.717, 1.165) is 30.9 Å². The van der Waals surface area contributed by atoms with Crippen LogP contribution in [0.1, 0.15) is 31.9 Å². The molecule has 0 unspecified atom stereocenters. The quantitative estimate of drug-likeness (QED) is 0.833. The number of aromatic nitrogens is 5. The lowest BCUT2D eigenvalue weighted by molar-refractivity contribution is -0.116. The molecule has 0 spiro atoms. The monoisotopic (exact) mass is 276 g/mol. The van der Waals surface area contributed by atoms with Crippen molar-refractivity contribution in [3.63, 3.8) is 0 Å². The van der Waals surface area contributed by atoms with Crippen LogP contribution in [-0.4, -0.2) is 30.5 Å². The summed E-state index contributed by atoms with van der Waals surface area (Å²) in [4.78, 5) is 15.8. The van der Waals surface area contributed by atoms with Gasteiger partial charge >= 0.3 is 0 Å². The number of carbonyl (C=O) groups excluding carboxylic acids is 1. The second-order valence-electron chi connectivity index (χ2n) is 4.70. The average Bonchev–Trinajstić information content (AvgIpc) is 3.01. The maximum absolute atomic E-state index is 11.9. The highest BCUT2D eigenvalue weighted by molar-refractivity contribution is 5.89. The van der Waals surface area contributed by atoms with Crippen LogP contribution in [-0.2, 0) is 17.9 Å². The normalized spacial score (nSPS) is 10.7. The lowest BCUT2D eigenvalue weighted by Gasteiger charge is -2.07. The molecule has 2 rings (SSSR count). The van der Waals surface area contributed by atoms with E-state index < -0.39 is 0 Å². The van der Waals surface area contributed by atoms with Gasteiger partial charge in [0.25, 0.3) is 0 Å². The van der Waals surface area contributed by atoms with Crippen LogP contribution in [0.4, 0.5) is 5.82 Å². The first kappa shape index (κ1) is 14.2. The van der Waals surface area contributed by atoms with Crippen LogP contribution in [0.3, 0.4) is 0 Å². The van der Waals surface area contributed by atoms with Gasteiger partial charge in [-0.25, -0.2) is 9.67 Å². The van der Waals surface area contributed by atoms with Crippen molar-refractivity contribution < 1.29 is 4.79 Å². The van der Waals surface area contributed by atoms with Gasteiger partial charge in [0, 0.05) is 25.6 Å². The van der Waals surface area contributed by atoms with Crippen LogP contribution in [0.2, 0.25) is 0 Å². The number of amides is 1. The summed E-state index contributed by atoms with van der Waals surface area (Å²) < 4.78 is 3.56. The van der Waals surface area contributed by atoms with Crippen molar-refractivity contribution in [1.29, 1.82) is 0 Å². The Kier molecular flexibility index (Phi) is 4.86. The van der Waals surface area contributed by atoms with Gasteiger partial charge in [0.15, 0.2) is 0 Å². The summed E-state index contributed by atoms with van der Waals surface area (Å²) in [7, 11) is 0. The molecule has 0 aliphatic heterocycles. The van der Waals surface area contributed by atoms with E-state index in [2.05, 4.69) is 27.4 Å². The van der Waals surface area contributed by atoms with Crippen molar-refractivity contribution in [3.05, 3.63) is 24.4 Å². The Balaban J connectivity index is 1.81. The number of nitrogens with one attached hydrogen (secondary N) is 1. The highest BCUT2D eigenvalue weighted by atomic mass is 16.1. The molecule has 7 nitrogen and oxygen atoms in total. The van der Waals surface area contributed by atoms with Gasteiger partial charge in [-0.3, -0.25) is 9.48 Å². The van der Waals surface area contributed by atoms with E-state index in [-0.39, 0.29) is 5.91 Å². The van der Waals surface area contributed by atoms with Gasteiger partial charge in [0.1, 0.15) is 18.5 Å². The summed E-state index contributed by atoms with van der Waals surface area (Å²) in [6.45, 7) is 5.51. The predicted molar refractivity (Wildman–Crippen MR) is 75.1 cm³/mol. The third-order valence-corrected chi connectivity index (χ3v) is 2.86. The molecule has 2 aromatic heterocycles. The number of hydrogen-bond donors (Lipinski definition) is 1. The molecular formula is C13H20N6O. The van der Waals surface area contributed by atoms with Gasteiger partial charge in [-0.15, -0.1) is 0 Å². The largest absolute Gasteiger partial charge is 0.311 e. The Labute approximate surface area is 118 Å². The molecule has 1 N–H and O–H groups in total. The zero-order chi connectivity index (χ0) is 14.4. The Morgan fingerprint density at radius 3 is 2.95 bits per heavy atom. The highest BCUT2D eigenvalue weighted by Crippen LogP contribution is 2.11. The number of aryl methyl sites for hydroxylation is 3. The summed E-state index contributed by atoms with van der Waals surface area (Å²) in [5.74, 6) is 0.775. The SMILES string of the molecule is CCCn1nc(C)cc1NC(=O)CCCn1cncn1. The average molecular weight is 276 g/mol. The lowest BCUT2D eigenvalue weighted by Crippen LogP contribution is -2.16. The molecule has 0 saturated heterocycles. The van der Waals surface area contributed by atoms with E-state index in [1.807, 2.05) is 17.7 Å². The Bertz CT molecular complexity index is 545. The van der Waals surface area contributed by atoms with Gasteiger partial charge in [-0.05, 0) is 19.8 Å². The fraction of sp³-hybridized carbons (Fsp3) is 0.538. The van der Waals surface area contributed by atoms with Crippen LogP contribution in [0.5, 0.6) is 0 Å². The molecule has 0 saturated carbocycles. The van der Waals surface area contributed by atoms with Gasteiger partial charge < -0.3 is 5.32 Å². The molecule has 2 heterocycles. The third-order valence-electron chi connectivity index (χ3n) is 2.86. The van der Waals surface area contributed by atoms with Crippen LogP contribution >= 0.6 is 0 Å². The summed E-state index contributed by atoms with van der Waals surface area (Å²) in [6, 6.07) is 1.89. The topological polar surface area (TPSA) is 77.6 Å². The van der Waals surface area contributed by atoms with E-state index in [1.54, 1.807) is 11.0 Å². The first-order valence-corrected chi connectivity index (χ1v) is 6.85. The molecular weight excluding hydrogens is 256 g/mol. The summed E-state index contributed by atoms with van der Waals surface area (Å²) in [6.07, 6.45) is 5.31. The maximum Gasteiger partial charge on any atom is 0.225 e. The Morgan fingerprint density at radius 2 is 2.25 bits per heavy atom. The van der Waals surface area contributed by atoms with Gasteiger partial charge in [0.2, 0.25) is 5.91 Å². The molecule has 7 heteroatoms. The fourth-order valence-corrected chi connectivity index (χ4v) is 1.98. The van der Waals surface area contributed by atoms with Gasteiger partial charge in [-0.1, -0.05) is 6.92 Å². The van der Waals surface area contributed by atoms with Crippen LogP contribution < -0.4 is 5.32 Å². The van der Waals surface area contributed by atoms with Crippen LogP contribution in [0.15, 0.2) is 18.7 Å². The molecule has 0 radical (unpaired) electrons. The molecule has 0 atom stereocenters. The van der Waals surface area contributed by atoms with Gasteiger partial charge in [-0.2, -0.15) is 10.2 Å². The Hall–Kier alpha value is -2.18. The lowest BCUT2D eigenvalue weighted by atomic mass is 10.3. The standard InChI is InChI=1S/C13H20N6O/c1-3-6-19-12(8-11(2)17-19)16-13(20)5-4-7-18-10-14-9-15-18/h8-10H,3-7H2,1-2H3,(H,16,20). The van der Waals surface area contributed by atoms with E-state index in [1.165, 1.54) is 6.33 Å². The number of anilines is 1. The molecule has 2 aromatic rings. The molecule has 0 fully saturated rings. The fourth-order valence-electron chi connectivity index (χ4n) is 1.98. The molecule has 0 bridgehead atoms. The second kappa shape index (κ2) is 6.83. The van der Waals surface area contributed by atoms with Crippen molar-refractivity contribution in [2.45, 2.75) is 46.2 Å². The number of hydrogen-bond acceptors (Lipinski definition) is 4. The maximum atomic E-state index is 11.9. The minimum absolute atomic E-state index is 0.00219. The van der Waals surface area contributed by atoms with E-state index in [0.29, 0.717) is 13.0 Å². The van der Waals surface area contributed by atoms with Crippen LogP contribution in [0.25, 0.3) is 0 Å². The number of rotatable bonds is 7. The summed E-state index contributed by atoms with van der Waals surface area (Å²) >= 11 is 0. The van der Waals surface area contributed by atoms with Crippen molar-refractivity contribution in [1.82, 2.24) is 24.5 Å². The predicted octanol–water partition coefficient (Wildman–Crippen LogP) is 1.61. The first-order valence-electron chi connectivity index (χ1n) is 6.85. The molecule has 20 heavy (non-hydrogen) atoms. The second-order valence-corrected chi connectivity index (χ2v) is 4.70. The smallest absolute Gasteiger partial charge is 0.225 e. The molecule has 1 amide bonds. The van der Waals surface area contributed by atoms with E-state index in [9.17, 15) is 4.79 Å². The summed E-state index contributed by atoms with van der Waals surface area (Å²) in [5, 5.41) is 11.3. The number of carbonyl (C=O) groups is 1. The van der Waals surface area contributed by atoms with Gasteiger partial charge in [0.05, 0.1) is 5.69 Å². The van der Waals surface area contributed by atoms with Crippen molar-refractivity contribution in [2.75, 3.05) is 5.32 Å². The molecule has 0 aromatic carbocycles. The molecule has 108 valence electrons. The number of nitrogens with zero attached hydrogens (tertiary/aromatic N) is 5. The van der Waals surface area contributed by atoms with Crippen molar-refractivity contribution in [3.8, 4) is 0 Å². The van der Waals surface area contributed by atoms with Crippen LogP contribution in [0, 0.1) is 6.92 Å². The highest BCUT2D eigenvalue weighted by Gasteiger charge is 2.08.